The van der Waals surface area contributed by atoms with Crippen LogP contribution >= 0.6 is 46.4 Å². The van der Waals surface area contributed by atoms with Crippen LogP contribution in [0.2, 0.25) is 20.1 Å². The van der Waals surface area contributed by atoms with Crippen molar-refractivity contribution in [3.63, 3.8) is 0 Å². The van der Waals surface area contributed by atoms with Gasteiger partial charge in [0.05, 0.1) is 18.7 Å². The zero-order valence-corrected chi connectivity index (χ0v) is 37.7. The number of nitrogens with zero attached hydrogens (tertiary/aromatic N) is 4. The number of esters is 1. The van der Waals surface area contributed by atoms with E-state index in [0.717, 1.165) is 35.3 Å². The molecule has 6 rings (SSSR count). The number of halogens is 4. The summed E-state index contributed by atoms with van der Waals surface area (Å²) in [5, 5.41) is 11.7. The average Bonchev–Trinajstić information content (AvgIpc) is 3.21. The smallest absolute Gasteiger partial charge is 0.870 e. The van der Waals surface area contributed by atoms with E-state index in [1.54, 1.807) is 16.7 Å². The molecule has 2 aliphatic heterocycles. The molecule has 0 bridgehead atoms. The molecule has 0 spiro atoms. The molecule has 324 valence electrons. The summed E-state index contributed by atoms with van der Waals surface area (Å²) < 4.78 is 4.96. The van der Waals surface area contributed by atoms with Crippen LogP contribution in [0.4, 0.5) is 11.4 Å². The molecule has 0 saturated carbocycles. The molecule has 0 radical (unpaired) electrons. The normalized spacial score (nSPS) is 18.3. The van der Waals surface area contributed by atoms with Gasteiger partial charge in [0.2, 0.25) is 11.8 Å². The Morgan fingerprint density at radius 1 is 0.574 bits per heavy atom. The van der Waals surface area contributed by atoms with Crippen LogP contribution < -0.4 is 28.7 Å². The monoisotopic (exact) mass is 910 g/mol. The maximum Gasteiger partial charge on any atom is 1.00 e. The van der Waals surface area contributed by atoms with Crippen LogP contribution in [0, 0.1) is 0 Å². The van der Waals surface area contributed by atoms with E-state index in [9.17, 15) is 19.2 Å². The number of benzene rings is 4. The summed E-state index contributed by atoms with van der Waals surface area (Å²) in [6.45, 7) is 8.07. The summed E-state index contributed by atoms with van der Waals surface area (Å²) in [5.41, 5.74) is 4.14. The number of carboxylic acid groups (broad SMARTS) is 1. The SMILES string of the molecule is CCOC(=O)CC(=O)N1C[C@H](CC)N(c2ccc(Cl)cc2)[C@H](c2ccc(Cl)cc2)C1.CC[C@H]1CN(C(=O)CC(=O)O)C[C@@H](c2ccc(Cl)cc2)N1c1ccc(Cl)cc1.O.[Li+].[OH-]. The maximum atomic E-state index is 12.8. The average molecular weight is 913 g/mol. The maximum absolute atomic E-state index is 12.8. The molecule has 2 amide bonds. The van der Waals surface area contributed by atoms with E-state index in [1.807, 2.05) is 97.1 Å². The van der Waals surface area contributed by atoms with Crippen molar-refractivity contribution in [1.82, 2.24) is 9.80 Å². The van der Waals surface area contributed by atoms with Gasteiger partial charge in [-0.25, -0.2) is 0 Å². The Balaban J connectivity index is 0.000000401. The number of amides is 2. The van der Waals surface area contributed by atoms with E-state index in [-0.39, 0.29) is 78.8 Å². The third-order valence-electron chi connectivity index (χ3n) is 10.4. The van der Waals surface area contributed by atoms with E-state index in [0.29, 0.717) is 46.3 Å². The molecule has 4 aromatic rings. The largest absolute Gasteiger partial charge is 1.00 e. The van der Waals surface area contributed by atoms with Crippen LogP contribution in [-0.2, 0) is 23.9 Å². The second-order valence-corrected chi connectivity index (χ2v) is 15.9. The number of rotatable bonds is 11. The molecule has 2 saturated heterocycles. The quantitative estimate of drug-likeness (QED) is 0.112. The second-order valence-electron chi connectivity index (χ2n) is 14.2. The topological polar surface area (TPSA) is 172 Å². The van der Waals surface area contributed by atoms with Gasteiger partial charge in [-0.3, -0.25) is 19.2 Å². The first-order chi connectivity index (χ1) is 27.8. The van der Waals surface area contributed by atoms with Crippen molar-refractivity contribution in [2.24, 2.45) is 0 Å². The van der Waals surface area contributed by atoms with Gasteiger partial charge in [-0.2, -0.15) is 0 Å². The van der Waals surface area contributed by atoms with Crippen molar-refractivity contribution < 1.29 is 58.8 Å². The predicted octanol–water partition coefficient (Wildman–Crippen LogP) is 5.75. The summed E-state index contributed by atoms with van der Waals surface area (Å²) in [7, 11) is 0. The first kappa shape index (κ1) is 53.2. The second kappa shape index (κ2) is 25.2. The van der Waals surface area contributed by atoms with Crippen molar-refractivity contribution in [1.29, 1.82) is 0 Å². The number of ether oxygens (including phenoxy) is 1. The molecule has 12 nitrogen and oxygen atoms in total. The Morgan fingerprint density at radius 3 is 1.21 bits per heavy atom. The van der Waals surface area contributed by atoms with Crippen LogP contribution in [0.25, 0.3) is 0 Å². The van der Waals surface area contributed by atoms with Gasteiger partial charge < -0.3 is 40.4 Å². The van der Waals surface area contributed by atoms with Crippen LogP contribution in [0.3, 0.4) is 0 Å². The van der Waals surface area contributed by atoms with Crippen molar-refractivity contribution in [2.45, 2.75) is 70.6 Å². The van der Waals surface area contributed by atoms with Gasteiger partial charge in [-0.15, -0.1) is 0 Å². The summed E-state index contributed by atoms with van der Waals surface area (Å²) in [4.78, 5) is 56.3. The fraction of sp³-hybridized carbons (Fsp3) is 0.364. The van der Waals surface area contributed by atoms with E-state index < -0.39 is 18.4 Å². The number of aliphatic carboxylic acids is 1. The molecule has 2 fully saturated rings. The molecule has 4 atom stereocenters. The van der Waals surface area contributed by atoms with Gasteiger partial charge in [0.25, 0.3) is 0 Å². The van der Waals surface area contributed by atoms with Gasteiger partial charge >= 0.3 is 30.8 Å². The zero-order chi connectivity index (χ0) is 41.9. The Labute approximate surface area is 389 Å². The first-order valence-electron chi connectivity index (χ1n) is 19.3. The van der Waals surface area contributed by atoms with Crippen LogP contribution in [-0.4, -0.2) is 94.5 Å². The van der Waals surface area contributed by atoms with Crippen LogP contribution in [0.5, 0.6) is 0 Å². The first-order valence-corrected chi connectivity index (χ1v) is 20.8. The van der Waals surface area contributed by atoms with Gasteiger partial charge in [-0.1, -0.05) is 84.5 Å². The minimum Gasteiger partial charge on any atom is -0.870 e. The Hall–Kier alpha value is -3.96. The molecule has 4 aromatic carbocycles. The number of hydrogen-bond acceptors (Lipinski definition) is 8. The number of carboxylic acids is 1. The van der Waals surface area contributed by atoms with Crippen LogP contribution in [0.1, 0.15) is 69.7 Å². The third kappa shape index (κ3) is 14.3. The van der Waals surface area contributed by atoms with Crippen molar-refractivity contribution in [3.8, 4) is 0 Å². The fourth-order valence-corrected chi connectivity index (χ4v) is 8.10. The number of carbonyl (C=O) groups is 4. The molecule has 2 heterocycles. The van der Waals surface area contributed by atoms with Crippen molar-refractivity contribution >= 4 is 81.5 Å². The van der Waals surface area contributed by atoms with Gasteiger partial charge in [0.15, 0.2) is 0 Å². The molecule has 4 N–H and O–H groups in total. The predicted molar refractivity (Wildman–Crippen MR) is 237 cm³/mol. The summed E-state index contributed by atoms with van der Waals surface area (Å²) in [6, 6.07) is 30.6. The molecule has 0 unspecified atom stereocenters. The number of anilines is 2. The zero-order valence-electron chi connectivity index (χ0n) is 34.6. The van der Waals surface area contributed by atoms with Gasteiger partial charge in [0.1, 0.15) is 12.8 Å². The minimum absolute atomic E-state index is 0. The summed E-state index contributed by atoms with van der Waals surface area (Å²) in [5.74, 6) is -2.16. The number of piperazine rings is 2. The Kier molecular flexibility index (Phi) is 22.0. The third-order valence-corrected chi connectivity index (χ3v) is 11.4. The molecule has 61 heavy (non-hydrogen) atoms. The molecular weight excluding hydrogens is 861 g/mol. The number of carbonyl (C=O) groups excluding carboxylic acids is 3. The summed E-state index contributed by atoms with van der Waals surface area (Å²) >= 11 is 24.3. The molecule has 17 heteroatoms. The Morgan fingerprint density at radius 2 is 0.902 bits per heavy atom. The van der Waals surface area contributed by atoms with E-state index in [4.69, 9.17) is 56.2 Å². The molecule has 0 aliphatic carbocycles. The molecule has 2 aliphatic rings. The van der Waals surface area contributed by atoms with E-state index >= 15 is 0 Å². The van der Waals surface area contributed by atoms with Crippen LogP contribution in [0.15, 0.2) is 97.1 Å². The molecule has 0 aromatic heterocycles. The van der Waals surface area contributed by atoms with Gasteiger partial charge in [-0.05, 0) is 104 Å². The van der Waals surface area contributed by atoms with E-state index in [2.05, 4.69) is 23.6 Å². The van der Waals surface area contributed by atoms with Crippen molar-refractivity contribution in [2.75, 3.05) is 42.6 Å². The Bertz CT molecular complexity index is 2010. The summed E-state index contributed by atoms with van der Waals surface area (Å²) in [6.07, 6.45) is 0.919. The van der Waals surface area contributed by atoms with Gasteiger partial charge in [0, 0.05) is 69.7 Å². The fourth-order valence-electron chi connectivity index (χ4n) is 7.59. The van der Waals surface area contributed by atoms with E-state index in [1.165, 1.54) is 0 Å². The molecular formula is C44H51Cl4LiN4O8. The van der Waals surface area contributed by atoms with Crippen molar-refractivity contribution in [3.05, 3.63) is 128 Å². The standard InChI is InChI=1S/C23H26Cl2N2O3.C21H22Cl2N2O3.Li.2H2O/c1-3-19-14-26(22(28)13-23(29)30-4-2)15-21(16-5-7-17(24)8-6-16)27(19)20-11-9-18(25)10-12-20;1-2-17-12-24(20(26)11-21(27)28)13-19(14-3-5-15(22)6-4-14)25(17)18-9-7-16(23)8-10-18;;;/h5-12,19,21H,3-4,13-15H2,1-2H3;3-10,17,19H,2,11-13H2,1H3,(H,27,28);;2*1H2/q;;+1;;/p-1/t19-,21-;17-,19-;;;/m00.../s1. The minimum atomic E-state index is -1.11. The number of hydrogen-bond donors (Lipinski definition) is 1.